The van der Waals surface area contributed by atoms with Gasteiger partial charge < -0.3 is 4.52 Å². The zero-order valence-corrected chi connectivity index (χ0v) is 16.3. The number of hydrogen-bond acceptors (Lipinski definition) is 6. The predicted octanol–water partition coefficient (Wildman–Crippen LogP) is 4.81. The molecule has 0 saturated carbocycles. The van der Waals surface area contributed by atoms with Crippen molar-refractivity contribution >= 4 is 0 Å². The van der Waals surface area contributed by atoms with Gasteiger partial charge in [-0.15, -0.1) is 5.10 Å². The van der Waals surface area contributed by atoms with E-state index in [1.54, 1.807) is 47.4 Å². The molecule has 0 radical (unpaired) electrons. The second-order valence-corrected chi connectivity index (χ2v) is 6.89. The maximum atomic E-state index is 14.5. The lowest BCUT2D eigenvalue weighted by molar-refractivity contribution is 0.430. The van der Waals surface area contributed by atoms with Crippen LogP contribution in [0.1, 0.15) is 44.7 Å². The van der Waals surface area contributed by atoms with E-state index in [4.69, 9.17) is 4.52 Å². The highest BCUT2D eigenvalue weighted by molar-refractivity contribution is 5.59. The molecule has 29 heavy (non-hydrogen) atoms. The molecule has 0 aliphatic rings. The molecule has 0 amide bonds. The molecule has 0 N–H and O–H groups in total. The van der Waals surface area contributed by atoms with Crippen molar-refractivity contribution in [2.24, 2.45) is 0 Å². The van der Waals surface area contributed by atoms with Gasteiger partial charge in [-0.3, -0.25) is 4.98 Å². The van der Waals surface area contributed by atoms with Crippen LogP contribution in [0, 0.1) is 5.82 Å². The van der Waals surface area contributed by atoms with Gasteiger partial charge >= 0.3 is 0 Å². The van der Waals surface area contributed by atoms with E-state index < -0.39 is 0 Å². The van der Waals surface area contributed by atoms with E-state index in [1.807, 2.05) is 0 Å². The summed E-state index contributed by atoms with van der Waals surface area (Å²) in [5.41, 5.74) is 2.37. The Hall–Kier alpha value is -3.42. The molecule has 0 bridgehead atoms. The molecule has 0 spiro atoms. The van der Waals surface area contributed by atoms with Gasteiger partial charge in [0.25, 0.3) is 5.89 Å². The molecule has 1 unspecified atom stereocenters. The highest BCUT2D eigenvalue weighted by Gasteiger charge is 2.26. The van der Waals surface area contributed by atoms with Gasteiger partial charge in [-0.25, -0.2) is 9.07 Å². The Morgan fingerprint density at radius 2 is 1.93 bits per heavy atom. The van der Waals surface area contributed by atoms with Crippen LogP contribution in [-0.4, -0.2) is 30.1 Å². The van der Waals surface area contributed by atoms with Crippen molar-refractivity contribution in [1.29, 1.82) is 0 Å². The number of pyridine rings is 1. The van der Waals surface area contributed by atoms with Crippen molar-refractivity contribution < 1.29 is 8.91 Å². The van der Waals surface area contributed by atoms with Crippen LogP contribution in [0.4, 0.5) is 4.39 Å². The van der Waals surface area contributed by atoms with E-state index in [1.165, 1.54) is 6.07 Å². The first-order chi connectivity index (χ1) is 14.2. The fourth-order valence-corrected chi connectivity index (χ4v) is 3.27. The summed E-state index contributed by atoms with van der Waals surface area (Å²) < 4.78 is 21.5. The van der Waals surface area contributed by atoms with Crippen LogP contribution in [0.3, 0.4) is 0 Å². The summed E-state index contributed by atoms with van der Waals surface area (Å²) in [6.07, 6.45) is 6.34. The zero-order chi connectivity index (χ0) is 20.2. The van der Waals surface area contributed by atoms with Crippen molar-refractivity contribution in [3.63, 3.8) is 0 Å². The number of benzene rings is 1. The van der Waals surface area contributed by atoms with Crippen molar-refractivity contribution in [3.05, 3.63) is 60.3 Å². The first kappa shape index (κ1) is 18.9. The number of nitrogens with zero attached hydrogens (tertiary/aromatic N) is 6. The van der Waals surface area contributed by atoms with E-state index in [0.29, 0.717) is 17.2 Å². The van der Waals surface area contributed by atoms with E-state index in [9.17, 15) is 4.39 Å². The van der Waals surface area contributed by atoms with Gasteiger partial charge in [0.1, 0.15) is 11.5 Å². The van der Waals surface area contributed by atoms with Gasteiger partial charge in [0.05, 0.1) is 5.69 Å². The minimum absolute atomic E-state index is 0.0795. The highest BCUT2D eigenvalue weighted by atomic mass is 19.1. The van der Waals surface area contributed by atoms with Crippen molar-refractivity contribution in [2.75, 3.05) is 0 Å². The highest BCUT2D eigenvalue weighted by Crippen LogP contribution is 2.32. The first-order valence-corrected chi connectivity index (χ1v) is 9.64. The van der Waals surface area contributed by atoms with E-state index in [0.717, 1.165) is 30.5 Å². The number of rotatable bonds is 7. The van der Waals surface area contributed by atoms with Gasteiger partial charge in [-0.1, -0.05) is 49.2 Å². The summed E-state index contributed by atoms with van der Waals surface area (Å²) in [5.74, 6) is 0.416. The first-order valence-electron chi connectivity index (χ1n) is 9.64. The average Bonchev–Trinajstić information content (AvgIpc) is 3.40. The summed E-state index contributed by atoms with van der Waals surface area (Å²) in [6, 6.07) is 10.1. The molecule has 148 valence electrons. The lowest BCUT2D eigenvalue weighted by Gasteiger charge is -2.14. The molecule has 0 aliphatic heterocycles. The largest absolute Gasteiger partial charge is 0.332 e. The lowest BCUT2D eigenvalue weighted by Crippen LogP contribution is -2.08. The van der Waals surface area contributed by atoms with Gasteiger partial charge in [0.2, 0.25) is 5.82 Å². The predicted molar refractivity (Wildman–Crippen MR) is 106 cm³/mol. The molecule has 4 aromatic rings. The Labute approximate surface area is 167 Å². The smallest absolute Gasteiger partial charge is 0.280 e. The average molecular weight is 392 g/mol. The number of hydrogen-bond donors (Lipinski definition) is 0. The third-order valence-corrected chi connectivity index (χ3v) is 4.81. The summed E-state index contributed by atoms with van der Waals surface area (Å²) in [4.78, 5) is 8.49. The molecular formula is C21H21FN6O. The number of unbranched alkanes of at least 4 members (excludes halogenated alkanes) is 1. The number of aromatic nitrogens is 6. The molecule has 1 atom stereocenters. The van der Waals surface area contributed by atoms with Crippen LogP contribution < -0.4 is 0 Å². The Kier molecular flexibility index (Phi) is 5.41. The van der Waals surface area contributed by atoms with Crippen LogP contribution in [-0.2, 0) is 0 Å². The Morgan fingerprint density at radius 3 is 2.69 bits per heavy atom. The van der Waals surface area contributed by atoms with Gasteiger partial charge in [0, 0.05) is 23.9 Å². The molecule has 0 aliphatic carbocycles. The van der Waals surface area contributed by atoms with Crippen LogP contribution >= 0.6 is 0 Å². The fraction of sp³-hybridized carbons (Fsp3) is 0.286. The maximum Gasteiger partial charge on any atom is 0.280 e. The van der Waals surface area contributed by atoms with Gasteiger partial charge in [-0.2, -0.15) is 4.98 Å². The van der Waals surface area contributed by atoms with Gasteiger partial charge in [-0.05, 0) is 30.7 Å². The van der Waals surface area contributed by atoms with Crippen LogP contribution in [0.5, 0.6) is 0 Å². The number of para-hydroxylation sites is 1. The van der Waals surface area contributed by atoms with Gasteiger partial charge in [0.15, 0.2) is 5.69 Å². The SMILES string of the molecule is CCCCC(C)c1c(-c2nc(-c3ccncc3)no2)nnn1-c1ccccc1F. The van der Waals surface area contributed by atoms with Crippen molar-refractivity contribution in [3.8, 4) is 28.7 Å². The number of halogens is 1. The minimum atomic E-state index is -0.365. The van der Waals surface area contributed by atoms with Crippen molar-refractivity contribution in [1.82, 2.24) is 30.1 Å². The second-order valence-electron chi connectivity index (χ2n) is 6.89. The summed E-state index contributed by atoms with van der Waals surface area (Å²) >= 11 is 0. The monoisotopic (exact) mass is 392 g/mol. The molecular weight excluding hydrogens is 371 g/mol. The standard InChI is InChI=1S/C21H21FN6O/c1-3-4-7-14(2)19-18(25-27-28(19)17-9-6-5-8-16(17)22)21-24-20(26-29-21)15-10-12-23-13-11-15/h5-6,8-14H,3-4,7H2,1-2H3. The second kappa shape index (κ2) is 8.30. The molecule has 3 heterocycles. The minimum Gasteiger partial charge on any atom is -0.332 e. The molecule has 4 rings (SSSR count). The molecule has 0 saturated heterocycles. The molecule has 0 fully saturated rings. The summed E-state index contributed by atoms with van der Waals surface area (Å²) in [7, 11) is 0. The Balaban J connectivity index is 1.80. The molecule has 8 heteroatoms. The van der Waals surface area contributed by atoms with Crippen LogP contribution in [0.2, 0.25) is 0 Å². The summed E-state index contributed by atoms with van der Waals surface area (Å²) in [6.45, 7) is 4.22. The quantitative estimate of drug-likeness (QED) is 0.449. The van der Waals surface area contributed by atoms with Crippen molar-refractivity contribution in [2.45, 2.75) is 39.0 Å². The maximum absolute atomic E-state index is 14.5. The van der Waals surface area contributed by atoms with E-state index >= 15 is 0 Å². The lowest BCUT2D eigenvalue weighted by atomic mass is 9.98. The van der Waals surface area contributed by atoms with E-state index in [-0.39, 0.29) is 17.6 Å². The third kappa shape index (κ3) is 3.78. The third-order valence-electron chi connectivity index (χ3n) is 4.81. The van der Waals surface area contributed by atoms with Crippen LogP contribution in [0.15, 0.2) is 53.3 Å². The topological polar surface area (TPSA) is 82.5 Å². The van der Waals surface area contributed by atoms with Crippen LogP contribution in [0.25, 0.3) is 28.7 Å². The normalized spacial score (nSPS) is 12.2. The Bertz CT molecular complexity index is 1090. The molecule has 1 aromatic carbocycles. The Morgan fingerprint density at radius 1 is 1.14 bits per heavy atom. The summed E-state index contributed by atoms with van der Waals surface area (Å²) in [5, 5.41) is 12.6. The molecule has 3 aromatic heterocycles. The fourth-order valence-electron chi connectivity index (χ4n) is 3.27. The van der Waals surface area contributed by atoms with E-state index in [2.05, 4.69) is 39.3 Å². The molecule has 7 nitrogen and oxygen atoms in total. The zero-order valence-electron chi connectivity index (χ0n) is 16.3.